The summed E-state index contributed by atoms with van der Waals surface area (Å²) in [5.74, 6) is -0.159. The first-order valence-corrected chi connectivity index (χ1v) is 9.46. The van der Waals surface area contributed by atoms with E-state index in [1.165, 1.54) is 12.1 Å². The number of hydrogen-bond donors (Lipinski definition) is 1. The van der Waals surface area contributed by atoms with E-state index in [2.05, 4.69) is 10.1 Å². The number of aromatic nitrogens is 2. The number of halogens is 3. The van der Waals surface area contributed by atoms with Gasteiger partial charge in [0.15, 0.2) is 9.84 Å². The van der Waals surface area contributed by atoms with Crippen LogP contribution in [0.3, 0.4) is 0 Å². The molecule has 1 aromatic heterocycles. The molecule has 7 nitrogen and oxygen atoms in total. The third kappa shape index (κ3) is 4.05. The van der Waals surface area contributed by atoms with Crippen molar-refractivity contribution in [3.8, 4) is 11.4 Å². The number of rotatable bonds is 4. The maximum absolute atomic E-state index is 12.6. The minimum atomic E-state index is -4.42. The van der Waals surface area contributed by atoms with Gasteiger partial charge in [0.2, 0.25) is 11.7 Å². The molecule has 2 atom stereocenters. The highest BCUT2D eigenvalue weighted by atomic mass is 32.2. The van der Waals surface area contributed by atoms with Crippen LogP contribution < -0.4 is 0 Å². The van der Waals surface area contributed by atoms with Crippen LogP contribution in [0.5, 0.6) is 0 Å². The molecule has 2 heterocycles. The van der Waals surface area contributed by atoms with Crippen molar-refractivity contribution < 1.29 is 31.2 Å². The second-order valence-corrected chi connectivity index (χ2v) is 8.37. The van der Waals surface area contributed by atoms with Gasteiger partial charge in [-0.25, -0.2) is 8.42 Å². The summed E-state index contributed by atoms with van der Waals surface area (Å²) in [6, 6.07) is 3.76. The fourth-order valence-corrected chi connectivity index (χ4v) is 4.68. The van der Waals surface area contributed by atoms with Gasteiger partial charge in [0.1, 0.15) is 0 Å². The Balaban J connectivity index is 1.70. The molecule has 0 radical (unpaired) electrons. The van der Waals surface area contributed by atoms with Crippen molar-refractivity contribution in [1.82, 2.24) is 15.0 Å². The molecule has 1 aliphatic rings. The predicted octanol–water partition coefficient (Wildman–Crippen LogP) is 1.35. The third-order valence-electron chi connectivity index (χ3n) is 4.18. The van der Waals surface area contributed by atoms with Gasteiger partial charge in [0.05, 0.1) is 35.8 Å². The highest BCUT2D eigenvalue weighted by Crippen LogP contribution is 2.30. The summed E-state index contributed by atoms with van der Waals surface area (Å²) in [7, 11) is -1.66. The van der Waals surface area contributed by atoms with E-state index < -0.39 is 33.7 Å². The van der Waals surface area contributed by atoms with Crippen LogP contribution in [0.15, 0.2) is 28.8 Å². The molecule has 142 valence electrons. The summed E-state index contributed by atoms with van der Waals surface area (Å²) >= 11 is 0. The monoisotopic (exact) mass is 391 g/mol. The molecular weight excluding hydrogens is 375 g/mol. The summed E-state index contributed by atoms with van der Waals surface area (Å²) in [5, 5.41) is 13.6. The van der Waals surface area contributed by atoms with Gasteiger partial charge in [-0.3, -0.25) is 4.90 Å². The van der Waals surface area contributed by atoms with Gasteiger partial charge in [0, 0.05) is 5.56 Å². The van der Waals surface area contributed by atoms with E-state index in [1.807, 2.05) is 0 Å². The van der Waals surface area contributed by atoms with Crippen LogP contribution in [0.2, 0.25) is 0 Å². The molecule has 1 fully saturated rings. The molecule has 0 spiro atoms. The van der Waals surface area contributed by atoms with E-state index in [0.717, 1.165) is 12.1 Å². The Labute approximate surface area is 147 Å². The Morgan fingerprint density at radius 3 is 2.46 bits per heavy atom. The van der Waals surface area contributed by atoms with Gasteiger partial charge in [-0.15, -0.1) is 0 Å². The zero-order valence-corrected chi connectivity index (χ0v) is 14.5. The maximum atomic E-state index is 12.6. The fraction of sp³-hybridized carbons (Fsp3) is 0.467. The molecular formula is C15H16F3N3O4S. The van der Waals surface area contributed by atoms with Crippen molar-refractivity contribution in [2.24, 2.45) is 0 Å². The Morgan fingerprint density at radius 1 is 1.27 bits per heavy atom. The average Bonchev–Trinajstić information content (AvgIpc) is 3.10. The highest BCUT2D eigenvalue weighted by Gasteiger charge is 2.39. The Kier molecular flexibility index (Phi) is 4.80. The lowest BCUT2D eigenvalue weighted by Gasteiger charge is -2.23. The third-order valence-corrected chi connectivity index (χ3v) is 5.88. The molecule has 3 rings (SSSR count). The van der Waals surface area contributed by atoms with Gasteiger partial charge in [-0.2, -0.15) is 18.2 Å². The molecule has 0 aliphatic carbocycles. The first kappa shape index (κ1) is 18.8. The van der Waals surface area contributed by atoms with Crippen molar-refractivity contribution in [1.29, 1.82) is 0 Å². The lowest BCUT2D eigenvalue weighted by atomic mass is 10.1. The first-order valence-electron chi connectivity index (χ1n) is 7.64. The topological polar surface area (TPSA) is 96.5 Å². The molecule has 1 N–H and O–H groups in total. The molecule has 1 aliphatic heterocycles. The maximum Gasteiger partial charge on any atom is 0.416 e. The zero-order valence-electron chi connectivity index (χ0n) is 13.6. The largest absolute Gasteiger partial charge is 0.416 e. The van der Waals surface area contributed by atoms with Crippen LogP contribution in [0.1, 0.15) is 11.5 Å². The summed E-state index contributed by atoms with van der Waals surface area (Å²) in [6.07, 6.45) is -5.42. The van der Waals surface area contributed by atoms with E-state index in [-0.39, 0.29) is 29.8 Å². The second kappa shape index (κ2) is 6.63. The minimum Gasteiger partial charge on any atom is -0.390 e. The fourth-order valence-electron chi connectivity index (χ4n) is 2.81. The SMILES string of the molecule is CN(Cc1nc(-c2ccc(C(F)(F)F)cc2)no1)[C@H]1CS(=O)(=O)C[C@@H]1O. The Bertz CT molecular complexity index is 880. The molecule has 0 saturated carbocycles. The van der Waals surface area contributed by atoms with E-state index in [0.29, 0.717) is 5.56 Å². The Hall–Kier alpha value is -1.98. The molecule has 0 bridgehead atoms. The molecule has 2 aromatic rings. The molecule has 1 aromatic carbocycles. The normalized spacial score (nSPS) is 22.8. The smallest absolute Gasteiger partial charge is 0.390 e. The average molecular weight is 391 g/mol. The van der Waals surface area contributed by atoms with Crippen LogP contribution >= 0.6 is 0 Å². The number of aliphatic hydroxyl groups excluding tert-OH is 1. The summed E-state index contributed by atoms with van der Waals surface area (Å²) in [4.78, 5) is 5.71. The number of nitrogens with zero attached hydrogens (tertiary/aromatic N) is 3. The number of sulfone groups is 1. The van der Waals surface area contributed by atoms with Crippen molar-refractivity contribution >= 4 is 9.84 Å². The first-order chi connectivity index (χ1) is 12.0. The predicted molar refractivity (Wildman–Crippen MR) is 84.7 cm³/mol. The summed E-state index contributed by atoms with van der Waals surface area (Å²) in [5.41, 5.74) is -0.416. The number of aliphatic hydroxyl groups is 1. The van der Waals surface area contributed by atoms with Crippen LogP contribution in [-0.2, 0) is 22.6 Å². The number of alkyl halides is 3. The summed E-state index contributed by atoms with van der Waals surface area (Å²) < 4.78 is 66.0. The van der Waals surface area contributed by atoms with E-state index in [9.17, 15) is 26.7 Å². The van der Waals surface area contributed by atoms with Crippen molar-refractivity contribution in [2.45, 2.75) is 24.9 Å². The van der Waals surface area contributed by atoms with Crippen molar-refractivity contribution in [3.05, 3.63) is 35.7 Å². The van der Waals surface area contributed by atoms with Crippen LogP contribution in [-0.4, -0.2) is 59.3 Å². The van der Waals surface area contributed by atoms with E-state index >= 15 is 0 Å². The minimum absolute atomic E-state index is 0.102. The number of benzene rings is 1. The van der Waals surface area contributed by atoms with Gasteiger partial charge >= 0.3 is 6.18 Å². The van der Waals surface area contributed by atoms with Crippen LogP contribution in [0, 0.1) is 0 Å². The standard InChI is InChI=1S/C15H16F3N3O4S/c1-21(11-7-26(23,24)8-12(11)22)6-13-19-14(20-25-13)9-2-4-10(5-3-9)15(16,17)18/h2-5,11-12,22H,6-8H2,1H3/t11-,12-/m0/s1. The van der Waals surface area contributed by atoms with Crippen LogP contribution in [0.4, 0.5) is 13.2 Å². The Morgan fingerprint density at radius 2 is 1.92 bits per heavy atom. The molecule has 26 heavy (non-hydrogen) atoms. The lowest BCUT2D eigenvalue weighted by molar-refractivity contribution is -0.137. The van der Waals surface area contributed by atoms with Gasteiger partial charge in [-0.05, 0) is 19.2 Å². The van der Waals surface area contributed by atoms with Gasteiger partial charge < -0.3 is 9.63 Å². The van der Waals surface area contributed by atoms with E-state index in [1.54, 1.807) is 11.9 Å². The highest BCUT2D eigenvalue weighted by molar-refractivity contribution is 7.91. The molecule has 1 saturated heterocycles. The van der Waals surface area contributed by atoms with Crippen molar-refractivity contribution in [3.63, 3.8) is 0 Å². The summed E-state index contributed by atoms with van der Waals surface area (Å²) in [6.45, 7) is 0.102. The van der Waals surface area contributed by atoms with Gasteiger partial charge in [-0.1, -0.05) is 17.3 Å². The van der Waals surface area contributed by atoms with Crippen molar-refractivity contribution in [2.75, 3.05) is 18.6 Å². The molecule has 11 heteroatoms. The van der Waals surface area contributed by atoms with Crippen LogP contribution in [0.25, 0.3) is 11.4 Å². The second-order valence-electron chi connectivity index (χ2n) is 6.21. The van der Waals surface area contributed by atoms with E-state index in [4.69, 9.17) is 4.52 Å². The lowest BCUT2D eigenvalue weighted by Crippen LogP contribution is -2.40. The zero-order chi connectivity index (χ0) is 19.1. The number of hydrogen-bond acceptors (Lipinski definition) is 7. The molecule has 0 amide bonds. The van der Waals surface area contributed by atoms with Gasteiger partial charge in [0.25, 0.3) is 0 Å². The quantitative estimate of drug-likeness (QED) is 0.840. The number of likely N-dealkylation sites (N-methyl/N-ethyl adjacent to an activating group) is 1. The molecule has 0 unspecified atom stereocenters.